The van der Waals surface area contributed by atoms with E-state index >= 15 is 0 Å². The van der Waals surface area contributed by atoms with Gasteiger partial charge in [0, 0.05) is 23.7 Å². The lowest BCUT2D eigenvalue weighted by Gasteiger charge is -2.43. The van der Waals surface area contributed by atoms with Crippen LogP contribution in [0.3, 0.4) is 0 Å². The number of nitrogens with zero attached hydrogens (tertiary/aromatic N) is 1. The SMILES string of the molecule is Cc1cc(Cl)ccc1C(CN)N1CCCC(C)C1C. The lowest BCUT2D eigenvalue weighted by Crippen LogP contribution is -2.46. The summed E-state index contributed by atoms with van der Waals surface area (Å²) in [6.07, 6.45) is 2.60. The summed E-state index contributed by atoms with van der Waals surface area (Å²) in [4.78, 5) is 2.57. The third-order valence-electron chi connectivity index (χ3n) is 4.64. The highest BCUT2D eigenvalue weighted by Gasteiger charge is 2.30. The molecule has 0 aromatic heterocycles. The summed E-state index contributed by atoms with van der Waals surface area (Å²) in [5.41, 5.74) is 8.65. The molecule has 1 saturated heterocycles. The fraction of sp³-hybridized carbons (Fsp3) is 0.625. The number of piperidine rings is 1. The van der Waals surface area contributed by atoms with Gasteiger partial charge in [0.05, 0.1) is 0 Å². The summed E-state index contributed by atoms with van der Waals surface area (Å²) in [5.74, 6) is 0.746. The first-order chi connectivity index (χ1) is 9.04. The first-order valence-electron chi connectivity index (χ1n) is 7.26. The zero-order chi connectivity index (χ0) is 14.0. The largest absolute Gasteiger partial charge is 0.329 e. The van der Waals surface area contributed by atoms with Crippen molar-refractivity contribution in [2.75, 3.05) is 13.1 Å². The van der Waals surface area contributed by atoms with Crippen molar-refractivity contribution in [3.8, 4) is 0 Å². The van der Waals surface area contributed by atoms with E-state index in [1.54, 1.807) is 0 Å². The monoisotopic (exact) mass is 280 g/mol. The Labute approximate surface area is 121 Å². The van der Waals surface area contributed by atoms with Gasteiger partial charge in [-0.05, 0) is 62.4 Å². The molecule has 2 N–H and O–H groups in total. The van der Waals surface area contributed by atoms with Crippen LogP contribution in [-0.4, -0.2) is 24.0 Å². The molecule has 1 aliphatic heterocycles. The van der Waals surface area contributed by atoms with Crippen LogP contribution in [0.5, 0.6) is 0 Å². The first-order valence-corrected chi connectivity index (χ1v) is 7.64. The van der Waals surface area contributed by atoms with Crippen molar-refractivity contribution in [2.45, 2.75) is 45.7 Å². The molecule has 19 heavy (non-hydrogen) atoms. The molecule has 0 amide bonds. The Kier molecular flexibility index (Phi) is 4.88. The number of likely N-dealkylation sites (tertiary alicyclic amines) is 1. The van der Waals surface area contributed by atoms with E-state index in [9.17, 15) is 0 Å². The topological polar surface area (TPSA) is 29.3 Å². The van der Waals surface area contributed by atoms with Crippen molar-refractivity contribution in [3.63, 3.8) is 0 Å². The van der Waals surface area contributed by atoms with Crippen molar-refractivity contribution in [1.29, 1.82) is 0 Å². The van der Waals surface area contributed by atoms with E-state index in [0.717, 1.165) is 17.5 Å². The van der Waals surface area contributed by atoms with Gasteiger partial charge < -0.3 is 5.73 Å². The average Bonchev–Trinajstić information content (AvgIpc) is 2.37. The van der Waals surface area contributed by atoms with E-state index < -0.39 is 0 Å². The normalized spacial score (nSPS) is 26.4. The van der Waals surface area contributed by atoms with Gasteiger partial charge in [-0.1, -0.05) is 24.6 Å². The molecule has 3 unspecified atom stereocenters. The third-order valence-corrected chi connectivity index (χ3v) is 4.87. The molecule has 2 rings (SSSR count). The molecule has 3 heteroatoms. The van der Waals surface area contributed by atoms with Crippen LogP contribution in [0.4, 0.5) is 0 Å². The molecule has 0 radical (unpaired) electrons. The second kappa shape index (κ2) is 6.25. The van der Waals surface area contributed by atoms with Gasteiger partial charge in [0.1, 0.15) is 0 Å². The zero-order valence-electron chi connectivity index (χ0n) is 12.2. The van der Waals surface area contributed by atoms with Gasteiger partial charge in [-0.2, -0.15) is 0 Å². The molecule has 3 atom stereocenters. The highest BCUT2D eigenvalue weighted by Crippen LogP contribution is 2.32. The van der Waals surface area contributed by atoms with Crippen LogP contribution < -0.4 is 5.73 Å². The second-order valence-electron chi connectivity index (χ2n) is 5.85. The molecule has 0 aliphatic carbocycles. The summed E-state index contributed by atoms with van der Waals surface area (Å²) < 4.78 is 0. The zero-order valence-corrected chi connectivity index (χ0v) is 13.0. The van der Waals surface area contributed by atoms with Crippen LogP contribution >= 0.6 is 11.6 Å². The minimum Gasteiger partial charge on any atom is -0.329 e. The summed E-state index contributed by atoms with van der Waals surface area (Å²) in [7, 11) is 0. The quantitative estimate of drug-likeness (QED) is 0.913. The molecule has 2 nitrogen and oxygen atoms in total. The Hall–Kier alpha value is -0.570. The first kappa shape index (κ1) is 14.8. The lowest BCUT2D eigenvalue weighted by molar-refractivity contribution is 0.0707. The van der Waals surface area contributed by atoms with Crippen LogP contribution in [-0.2, 0) is 0 Å². The summed E-state index contributed by atoms with van der Waals surface area (Å²) >= 11 is 6.06. The van der Waals surface area contributed by atoms with Gasteiger partial charge in [-0.3, -0.25) is 4.90 Å². The maximum atomic E-state index is 6.08. The number of aryl methyl sites for hydroxylation is 1. The van der Waals surface area contributed by atoms with Gasteiger partial charge in [0.2, 0.25) is 0 Å². The van der Waals surface area contributed by atoms with E-state index in [-0.39, 0.29) is 0 Å². The van der Waals surface area contributed by atoms with Crippen molar-refractivity contribution >= 4 is 11.6 Å². The van der Waals surface area contributed by atoms with Crippen LogP contribution in [0, 0.1) is 12.8 Å². The number of halogens is 1. The number of hydrogen-bond donors (Lipinski definition) is 1. The van der Waals surface area contributed by atoms with E-state index in [2.05, 4.69) is 31.7 Å². The Bertz CT molecular complexity index is 433. The smallest absolute Gasteiger partial charge is 0.0476 e. The van der Waals surface area contributed by atoms with Crippen LogP contribution in [0.25, 0.3) is 0 Å². The van der Waals surface area contributed by atoms with E-state index in [0.29, 0.717) is 18.6 Å². The van der Waals surface area contributed by atoms with E-state index in [4.69, 9.17) is 17.3 Å². The van der Waals surface area contributed by atoms with Crippen LogP contribution in [0.2, 0.25) is 5.02 Å². The molecule has 1 aliphatic rings. The van der Waals surface area contributed by atoms with Gasteiger partial charge in [-0.15, -0.1) is 0 Å². The summed E-state index contributed by atoms with van der Waals surface area (Å²) in [5, 5.41) is 0.803. The van der Waals surface area contributed by atoms with Crippen molar-refractivity contribution in [2.24, 2.45) is 11.7 Å². The molecular weight excluding hydrogens is 256 g/mol. The van der Waals surface area contributed by atoms with Crippen molar-refractivity contribution < 1.29 is 0 Å². The molecular formula is C16H25ClN2. The molecule has 1 aromatic rings. The predicted molar refractivity (Wildman–Crippen MR) is 82.6 cm³/mol. The standard InChI is InChI=1S/C16H25ClN2/c1-11-5-4-8-19(13(11)3)16(10-18)15-7-6-14(17)9-12(15)2/h6-7,9,11,13,16H,4-5,8,10,18H2,1-3H3. The summed E-state index contributed by atoms with van der Waals surface area (Å²) in [6, 6.07) is 7.07. The second-order valence-corrected chi connectivity index (χ2v) is 6.29. The minimum atomic E-state index is 0.315. The average molecular weight is 281 g/mol. The van der Waals surface area contributed by atoms with Gasteiger partial charge in [0.15, 0.2) is 0 Å². The Morgan fingerprint density at radius 2 is 2.16 bits per heavy atom. The highest BCUT2D eigenvalue weighted by molar-refractivity contribution is 6.30. The molecule has 0 spiro atoms. The fourth-order valence-corrected chi connectivity index (χ4v) is 3.49. The molecule has 1 aromatic carbocycles. The molecule has 106 valence electrons. The molecule has 1 heterocycles. The molecule has 0 saturated carbocycles. The van der Waals surface area contributed by atoms with Crippen LogP contribution in [0.15, 0.2) is 18.2 Å². The van der Waals surface area contributed by atoms with Crippen molar-refractivity contribution in [1.82, 2.24) is 4.90 Å². The maximum absolute atomic E-state index is 6.08. The Morgan fingerprint density at radius 1 is 1.42 bits per heavy atom. The van der Waals surface area contributed by atoms with Gasteiger partial charge in [-0.25, -0.2) is 0 Å². The number of hydrogen-bond acceptors (Lipinski definition) is 2. The molecule has 1 fully saturated rings. The number of nitrogens with two attached hydrogens (primary N) is 1. The maximum Gasteiger partial charge on any atom is 0.0476 e. The van der Waals surface area contributed by atoms with E-state index in [1.807, 2.05) is 12.1 Å². The molecule has 0 bridgehead atoms. The van der Waals surface area contributed by atoms with Crippen LogP contribution in [0.1, 0.15) is 43.9 Å². The Balaban J connectivity index is 2.28. The predicted octanol–water partition coefficient (Wildman–Crippen LogP) is 3.77. The third kappa shape index (κ3) is 3.13. The van der Waals surface area contributed by atoms with Crippen molar-refractivity contribution in [3.05, 3.63) is 34.3 Å². The number of benzene rings is 1. The Morgan fingerprint density at radius 3 is 2.79 bits per heavy atom. The fourth-order valence-electron chi connectivity index (χ4n) is 3.26. The highest BCUT2D eigenvalue weighted by atomic mass is 35.5. The lowest BCUT2D eigenvalue weighted by atomic mass is 9.88. The summed E-state index contributed by atoms with van der Waals surface area (Å²) in [6.45, 7) is 8.62. The van der Waals surface area contributed by atoms with Gasteiger partial charge in [0.25, 0.3) is 0 Å². The van der Waals surface area contributed by atoms with E-state index in [1.165, 1.54) is 24.0 Å². The van der Waals surface area contributed by atoms with Gasteiger partial charge >= 0.3 is 0 Å². The minimum absolute atomic E-state index is 0.315. The number of rotatable bonds is 3.